The van der Waals surface area contributed by atoms with Gasteiger partial charge in [0.1, 0.15) is 42.7 Å². The summed E-state index contributed by atoms with van der Waals surface area (Å²) in [5, 5.41) is 0. The number of rotatable bonds is 2. The van der Waals surface area contributed by atoms with Crippen LogP contribution in [0.25, 0.3) is 0 Å². The first-order valence-corrected chi connectivity index (χ1v) is 8.37. The predicted octanol–water partition coefficient (Wildman–Crippen LogP) is -2.85. The second-order valence-corrected chi connectivity index (χ2v) is 7.93. The van der Waals surface area contributed by atoms with Crippen molar-refractivity contribution in [3.05, 3.63) is 32.1 Å². The highest BCUT2D eigenvalue weighted by atomic mass is 16.2. The minimum Gasteiger partial charge on any atom is -0.300 e. The molecule has 4 saturated heterocycles. The van der Waals surface area contributed by atoms with Gasteiger partial charge >= 0.3 is 5.69 Å². The minimum atomic E-state index is -0.446. The van der Waals surface area contributed by atoms with E-state index in [9.17, 15) is 14.4 Å². The van der Waals surface area contributed by atoms with Gasteiger partial charge in [-0.15, -0.1) is 0 Å². The minimum absolute atomic E-state index is 0.0471. The lowest BCUT2D eigenvalue weighted by Crippen LogP contribution is -3.41. The number of carbonyl (C=O) groups excluding carboxylic acids is 1. The van der Waals surface area contributed by atoms with Crippen molar-refractivity contribution in [3.8, 4) is 0 Å². The third-order valence-electron chi connectivity index (χ3n) is 6.40. The number of ketones is 1. The summed E-state index contributed by atoms with van der Waals surface area (Å²) in [5.41, 5.74) is 0.0588. The van der Waals surface area contributed by atoms with Crippen molar-refractivity contribution in [1.29, 1.82) is 0 Å². The molecule has 23 heavy (non-hydrogen) atoms. The molecule has 5 rings (SSSR count). The van der Waals surface area contributed by atoms with Gasteiger partial charge in [0.05, 0.1) is 0 Å². The summed E-state index contributed by atoms with van der Waals surface area (Å²) in [6, 6.07) is 0. The third kappa shape index (κ3) is 1.80. The molecule has 4 bridgehead atoms. The van der Waals surface area contributed by atoms with Crippen LogP contribution in [0.4, 0.5) is 0 Å². The number of hydrogen-bond donors (Lipinski definition) is 4. The van der Waals surface area contributed by atoms with Crippen molar-refractivity contribution in [2.75, 3.05) is 26.2 Å². The monoisotopic (exact) mass is 320 g/mol. The van der Waals surface area contributed by atoms with Crippen LogP contribution in [0.5, 0.6) is 0 Å². The van der Waals surface area contributed by atoms with Crippen LogP contribution in [0.3, 0.4) is 0 Å². The van der Waals surface area contributed by atoms with Gasteiger partial charge in [-0.3, -0.25) is 24.4 Å². The quantitative estimate of drug-likeness (QED) is 0.473. The molecule has 7 nitrogen and oxygen atoms in total. The molecule has 2 atom stereocenters. The summed E-state index contributed by atoms with van der Waals surface area (Å²) in [6.45, 7) is 9.14. The number of aromatic nitrogens is 2. The molecule has 4 aliphatic rings. The summed E-state index contributed by atoms with van der Waals surface area (Å²) in [7, 11) is 0. The van der Waals surface area contributed by atoms with Gasteiger partial charge in [-0.05, 0) is 20.3 Å². The molecule has 0 amide bonds. The van der Waals surface area contributed by atoms with Crippen LogP contribution >= 0.6 is 0 Å². The number of Topliss-reactive ketones (excluding diaryl/α,β-unsaturated/α-hetero) is 1. The van der Waals surface area contributed by atoms with E-state index >= 15 is 0 Å². The van der Waals surface area contributed by atoms with Crippen LogP contribution in [0, 0.1) is 17.8 Å². The van der Waals surface area contributed by atoms with E-state index in [1.165, 1.54) is 9.80 Å². The van der Waals surface area contributed by atoms with E-state index in [-0.39, 0.29) is 22.6 Å². The van der Waals surface area contributed by atoms with Gasteiger partial charge in [0.2, 0.25) is 0 Å². The highest BCUT2D eigenvalue weighted by Crippen LogP contribution is 2.38. The summed E-state index contributed by atoms with van der Waals surface area (Å²) in [4.78, 5) is 44.5. The van der Waals surface area contributed by atoms with Gasteiger partial charge in [0, 0.05) is 5.56 Å². The predicted molar refractivity (Wildman–Crippen MR) is 82.4 cm³/mol. The van der Waals surface area contributed by atoms with Gasteiger partial charge in [-0.2, -0.15) is 0 Å². The molecule has 7 heteroatoms. The van der Waals surface area contributed by atoms with Gasteiger partial charge < -0.3 is 4.98 Å². The van der Waals surface area contributed by atoms with Crippen molar-refractivity contribution in [1.82, 2.24) is 9.97 Å². The summed E-state index contributed by atoms with van der Waals surface area (Å²) in [5.74, 6) is 0.426. The fourth-order valence-corrected chi connectivity index (χ4v) is 5.45. The van der Waals surface area contributed by atoms with Gasteiger partial charge in [-0.1, -0.05) is 6.92 Å². The van der Waals surface area contributed by atoms with Crippen molar-refractivity contribution in [3.63, 3.8) is 0 Å². The molecule has 0 spiro atoms. The molecule has 1 aromatic rings. The Kier molecular flexibility index (Phi) is 2.85. The molecule has 124 valence electrons. The SMILES string of the molecule is CCC12C[NH+]3CC(C)(C[NH+](C1)C3c1[nH]c(=O)[nH]c(=O)c1C)C2=O. The van der Waals surface area contributed by atoms with E-state index in [2.05, 4.69) is 23.8 Å². The van der Waals surface area contributed by atoms with E-state index in [4.69, 9.17) is 0 Å². The summed E-state index contributed by atoms with van der Waals surface area (Å²) >= 11 is 0. The van der Waals surface area contributed by atoms with Crippen molar-refractivity contribution in [2.24, 2.45) is 10.8 Å². The topological polar surface area (TPSA) is 91.7 Å². The molecular weight excluding hydrogens is 296 g/mol. The number of hydrogen-bond acceptors (Lipinski definition) is 3. The lowest BCUT2D eigenvalue weighted by molar-refractivity contribution is -1.18. The number of quaternary nitrogens is 2. The highest BCUT2D eigenvalue weighted by molar-refractivity contribution is 5.91. The molecular formula is C16H24N4O3+2. The van der Waals surface area contributed by atoms with Crippen LogP contribution in [-0.2, 0) is 4.79 Å². The maximum absolute atomic E-state index is 12.9. The van der Waals surface area contributed by atoms with Crippen molar-refractivity contribution >= 4 is 5.78 Å². The zero-order valence-corrected chi connectivity index (χ0v) is 13.8. The molecule has 0 aromatic carbocycles. The molecule has 5 heterocycles. The Morgan fingerprint density at radius 1 is 1.09 bits per heavy atom. The van der Waals surface area contributed by atoms with E-state index in [1.54, 1.807) is 6.92 Å². The Morgan fingerprint density at radius 3 is 2.26 bits per heavy atom. The molecule has 2 unspecified atom stereocenters. The van der Waals surface area contributed by atoms with E-state index in [0.29, 0.717) is 11.3 Å². The first-order chi connectivity index (χ1) is 10.8. The first kappa shape index (κ1) is 14.8. The standard InChI is InChI=1S/C16H22N4O3/c1-4-16-7-19-5-15(3,13(16)22)6-20(8-16)12(19)10-9(2)11(21)18-14(23)17-10/h12H,4-8H2,1-3H3,(H2,17,18,21,23)/p+2. The molecule has 0 saturated carbocycles. The molecule has 4 aliphatic heterocycles. The summed E-state index contributed by atoms with van der Waals surface area (Å²) < 4.78 is 0. The van der Waals surface area contributed by atoms with Gasteiger partial charge in [0.25, 0.3) is 11.7 Å². The van der Waals surface area contributed by atoms with Gasteiger partial charge in [0.15, 0.2) is 5.78 Å². The number of H-pyrrole nitrogens is 2. The maximum atomic E-state index is 12.9. The first-order valence-electron chi connectivity index (χ1n) is 8.37. The normalized spacial score (nSPS) is 41.5. The van der Waals surface area contributed by atoms with E-state index in [1.807, 2.05) is 0 Å². The van der Waals surface area contributed by atoms with Crippen LogP contribution < -0.4 is 21.0 Å². The Labute approximate surface area is 133 Å². The second-order valence-electron chi connectivity index (χ2n) is 7.93. The lowest BCUT2D eigenvalue weighted by Gasteiger charge is -2.59. The Balaban J connectivity index is 1.83. The number of carbonyl (C=O) groups is 1. The molecule has 1 aromatic heterocycles. The third-order valence-corrected chi connectivity index (χ3v) is 6.40. The maximum Gasteiger partial charge on any atom is 0.326 e. The summed E-state index contributed by atoms with van der Waals surface area (Å²) in [6.07, 6.45) is 0.914. The zero-order valence-electron chi connectivity index (χ0n) is 13.8. The fraction of sp³-hybridized carbons (Fsp3) is 0.688. The fourth-order valence-electron chi connectivity index (χ4n) is 5.45. The smallest absolute Gasteiger partial charge is 0.300 e. The zero-order chi connectivity index (χ0) is 16.6. The van der Waals surface area contributed by atoms with Crippen LogP contribution in [-0.4, -0.2) is 41.9 Å². The Bertz CT molecular complexity index is 792. The largest absolute Gasteiger partial charge is 0.326 e. The van der Waals surface area contributed by atoms with Crippen LogP contribution in [0.1, 0.15) is 37.7 Å². The van der Waals surface area contributed by atoms with E-state index < -0.39 is 5.69 Å². The lowest BCUT2D eigenvalue weighted by atomic mass is 9.60. The van der Waals surface area contributed by atoms with Gasteiger partial charge in [-0.25, -0.2) is 4.79 Å². The average Bonchev–Trinajstić information content (AvgIpc) is 2.47. The average molecular weight is 320 g/mol. The number of aromatic amines is 2. The van der Waals surface area contributed by atoms with E-state index in [0.717, 1.165) is 38.3 Å². The van der Waals surface area contributed by atoms with Crippen LogP contribution in [0.15, 0.2) is 9.59 Å². The Hall–Kier alpha value is -1.73. The second kappa shape index (κ2) is 4.42. The van der Waals surface area contributed by atoms with Crippen molar-refractivity contribution in [2.45, 2.75) is 33.4 Å². The molecule has 4 fully saturated rings. The number of nitrogens with one attached hydrogen (secondary N) is 4. The molecule has 0 aliphatic carbocycles. The number of piperidine rings is 2. The Morgan fingerprint density at radius 2 is 1.70 bits per heavy atom. The van der Waals surface area contributed by atoms with Crippen molar-refractivity contribution < 1.29 is 14.6 Å². The molecule has 4 N–H and O–H groups in total. The van der Waals surface area contributed by atoms with Crippen LogP contribution in [0.2, 0.25) is 0 Å². The molecule has 0 radical (unpaired) electrons. The highest BCUT2D eigenvalue weighted by Gasteiger charge is 2.69.